The van der Waals surface area contributed by atoms with Crippen LogP contribution in [0.25, 0.3) is 0 Å². The van der Waals surface area contributed by atoms with Crippen LogP contribution in [0.2, 0.25) is 0 Å². The van der Waals surface area contributed by atoms with E-state index in [1.807, 2.05) is 13.8 Å². The molecule has 3 rings (SSSR count). The van der Waals surface area contributed by atoms with Crippen molar-refractivity contribution in [2.45, 2.75) is 43.8 Å². The van der Waals surface area contributed by atoms with E-state index in [1.165, 1.54) is 16.4 Å². The number of sulfonamides is 1. The molecule has 0 bridgehead atoms. The second-order valence-corrected chi connectivity index (χ2v) is 9.38. The first-order valence-corrected chi connectivity index (χ1v) is 11.0. The first-order valence-electron chi connectivity index (χ1n) is 9.54. The van der Waals surface area contributed by atoms with Crippen LogP contribution in [0.3, 0.4) is 0 Å². The Morgan fingerprint density at radius 2 is 1.67 bits per heavy atom. The van der Waals surface area contributed by atoms with Gasteiger partial charge in [0, 0.05) is 19.1 Å². The van der Waals surface area contributed by atoms with E-state index >= 15 is 0 Å². The molecular weight excluding hydrogens is 417 g/mol. The molecule has 0 radical (unpaired) electrons. The van der Waals surface area contributed by atoms with Crippen molar-refractivity contribution in [1.82, 2.24) is 9.62 Å². The minimum Gasteiger partial charge on any atom is -0.349 e. The zero-order chi connectivity index (χ0) is 22.1. The Morgan fingerprint density at radius 1 is 1.03 bits per heavy atom. The number of carbonyl (C=O) groups excluding carboxylic acids is 1. The summed E-state index contributed by atoms with van der Waals surface area (Å²) in [6.45, 7) is 4.11. The standard InChI is InChI=1S/C21H23F3N2O3S/c1-14-7-8-17(13-15(14)2)30(28,29)26-11-9-16(10-12-26)25-20(27)18-5-3-4-6-19(18)21(22,23)24/h3-8,13,16H,9-12H2,1-2H3,(H,25,27). The topological polar surface area (TPSA) is 66.5 Å². The van der Waals surface area contributed by atoms with Gasteiger partial charge in [-0.1, -0.05) is 18.2 Å². The van der Waals surface area contributed by atoms with Crippen LogP contribution >= 0.6 is 0 Å². The van der Waals surface area contributed by atoms with Gasteiger partial charge in [0.1, 0.15) is 0 Å². The summed E-state index contributed by atoms with van der Waals surface area (Å²) < 4.78 is 66.5. The fraction of sp³-hybridized carbons (Fsp3) is 0.381. The maximum Gasteiger partial charge on any atom is 0.417 e. The number of piperidine rings is 1. The van der Waals surface area contributed by atoms with Crippen molar-refractivity contribution in [2.24, 2.45) is 0 Å². The fourth-order valence-electron chi connectivity index (χ4n) is 3.46. The van der Waals surface area contributed by atoms with Crippen molar-refractivity contribution in [3.8, 4) is 0 Å². The molecule has 1 fully saturated rings. The van der Waals surface area contributed by atoms with Gasteiger partial charge in [-0.3, -0.25) is 4.79 Å². The maximum absolute atomic E-state index is 13.1. The minimum absolute atomic E-state index is 0.182. The third kappa shape index (κ3) is 4.67. The molecule has 0 atom stereocenters. The van der Waals surface area contributed by atoms with Crippen molar-refractivity contribution in [3.05, 3.63) is 64.7 Å². The highest BCUT2D eigenvalue weighted by Gasteiger charge is 2.36. The normalized spacial score (nSPS) is 16.4. The number of nitrogens with zero attached hydrogens (tertiary/aromatic N) is 1. The average molecular weight is 440 g/mol. The third-order valence-electron chi connectivity index (χ3n) is 5.38. The van der Waals surface area contributed by atoms with Crippen LogP contribution < -0.4 is 5.32 Å². The Balaban J connectivity index is 1.66. The number of alkyl halides is 3. The number of rotatable bonds is 4. The van der Waals surface area contributed by atoms with Crippen molar-refractivity contribution in [1.29, 1.82) is 0 Å². The van der Waals surface area contributed by atoms with Crippen LogP contribution in [-0.2, 0) is 16.2 Å². The molecule has 1 saturated heterocycles. The molecule has 1 aliphatic heterocycles. The van der Waals surface area contributed by atoms with E-state index in [0.29, 0.717) is 12.8 Å². The summed E-state index contributed by atoms with van der Waals surface area (Å²) in [7, 11) is -3.66. The lowest BCUT2D eigenvalue weighted by Crippen LogP contribution is -2.46. The number of carbonyl (C=O) groups is 1. The van der Waals surface area contributed by atoms with E-state index in [4.69, 9.17) is 0 Å². The van der Waals surface area contributed by atoms with Crippen molar-refractivity contribution < 1.29 is 26.4 Å². The number of halogens is 3. The van der Waals surface area contributed by atoms with E-state index in [9.17, 15) is 26.4 Å². The van der Waals surface area contributed by atoms with Crippen molar-refractivity contribution in [2.75, 3.05) is 13.1 Å². The summed E-state index contributed by atoms with van der Waals surface area (Å²) in [5.41, 5.74) is 0.448. The van der Waals surface area contributed by atoms with Gasteiger partial charge < -0.3 is 5.32 Å². The number of hydrogen-bond donors (Lipinski definition) is 1. The first-order chi connectivity index (χ1) is 14.0. The predicted octanol–water partition coefficient (Wildman–Crippen LogP) is 3.91. The molecule has 1 amide bonds. The Labute approximate surface area is 173 Å². The largest absolute Gasteiger partial charge is 0.417 e. The van der Waals surface area contributed by atoms with Gasteiger partial charge in [0.2, 0.25) is 10.0 Å². The molecule has 1 aliphatic rings. The van der Waals surface area contributed by atoms with Crippen LogP contribution in [0.1, 0.15) is 39.9 Å². The van der Waals surface area contributed by atoms with Gasteiger partial charge >= 0.3 is 6.18 Å². The minimum atomic E-state index is -4.63. The Morgan fingerprint density at radius 3 is 2.27 bits per heavy atom. The van der Waals surface area contributed by atoms with E-state index in [0.717, 1.165) is 23.3 Å². The van der Waals surface area contributed by atoms with Crippen LogP contribution in [0.5, 0.6) is 0 Å². The zero-order valence-electron chi connectivity index (χ0n) is 16.7. The maximum atomic E-state index is 13.1. The lowest BCUT2D eigenvalue weighted by Gasteiger charge is -2.32. The molecule has 5 nitrogen and oxygen atoms in total. The molecule has 0 spiro atoms. The second kappa shape index (κ2) is 8.39. The molecular formula is C21H23F3N2O3S. The summed E-state index contributed by atoms with van der Waals surface area (Å²) in [6.07, 6.45) is -3.98. The number of benzene rings is 2. The lowest BCUT2D eigenvalue weighted by molar-refractivity contribution is -0.137. The molecule has 0 saturated carbocycles. The highest BCUT2D eigenvalue weighted by molar-refractivity contribution is 7.89. The highest BCUT2D eigenvalue weighted by atomic mass is 32.2. The van der Waals surface area contributed by atoms with Gasteiger partial charge in [-0.2, -0.15) is 17.5 Å². The summed E-state index contributed by atoms with van der Waals surface area (Å²) in [5, 5.41) is 2.62. The van der Waals surface area contributed by atoms with Gasteiger partial charge in [0.15, 0.2) is 0 Å². The fourth-order valence-corrected chi connectivity index (χ4v) is 5.01. The summed E-state index contributed by atoms with van der Waals surface area (Å²) in [5.74, 6) is -0.807. The molecule has 2 aromatic rings. The van der Waals surface area contributed by atoms with E-state index < -0.39 is 39.3 Å². The lowest BCUT2D eigenvalue weighted by atomic mass is 10.0. The van der Waals surface area contributed by atoms with Gasteiger partial charge in [-0.15, -0.1) is 0 Å². The smallest absolute Gasteiger partial charge is 0.349 e. The van der Waals surface area contributed by atoms with Gasteiger partial charge in [0.05, 0.1) is 16.0 Å². The predicted molar refractivity (Wildman–Crippen MR) is 107 cm³/mol. The van der Waals surface area contributed by atoms with Crippen LogP contribution in [0.15, 0.2) is 47.4 Å². The van der Waals surface area contributed by atoms with E-state index in [2.05, 4.69) is 5.32 Å². The number of nitrogens with one attached hydrogen (secondary N) is 1. The summed E-state index contributed by atoms with van der Waals surface area (Å²) in [6, 6.07) is 9.17. The van der Waals surface area contributed by atoms with E-state index in [-0.39, 0.29) is 18.0 Å². The number of hydrogen-bond acceptors (Lipinski definition) is 3. The Bertz CT molecular complexity index is 1040. The van der Waals surface area contributed by atoms with Crippen LogP contribution in [0.4, 0.5) is 13.2 Å². The monoisotopic (exact) mass is 440 g/mol. The van der Waals surface area contributed by atoms with Gasteiger partial charge in [-0.25, -0.2) is 8.42 Å². The average Bonchev–Trinajstić information content (AvgIpc) is 2.69. The SMILES string of the molecule is Cc1ccc(S(=O)(=O)N2CCC(NC(=O)c3ccccc3C(F)(F)F)CC2)cc1C. The van der Waals surface area contributed by atoms with Crippen LogP contribution in [-0.4, -0.2) is 37.8 Å². The zero-order valence-corrected chi connectivity index (χ0v) is 17.5. The quantitative estimate of drug-likeness (QED) is 0.784. The Hall–Kier alpha value is -2.39. The first kappa shape index (κ1) is 22.3. The van der Waals surface area contributed by atoms with Gasteiger partial charge in [0.25, 0.3) is 5.91 Å². The summed E-state index contributed by atoms with van der Waals surface area (Å²) >= 11 is 0. The molecule has 0 aromatic heterocycles. The summed E-state index contributed by atoms with van der Waals surface area (Å²) in [4.78, 5) is 12.6. The molecule has 30 heavy (non-hydrogen) atoms. The van der Waals surface area contributed by atoms with Crippen LogP contribution in [0, 0.1) is 13.8 Å². The highest BCUT2D eigenvalue weighted by Crippen LogP contribution is 2.32. The second-order valence-electron chi connectivity index (χ2n) is 7.44. The number of aryl methyl sites for hydroxylation is 2. The molecule has 0 aliphatic carbocycles. The van der Waals surface area contributed by atoms with Crippen molar-refractivity contribution >= 4 is 15.9 Å². The molecule has 1 heterocycles. The van der Waals surface area contributed by atoms with Gasteiger partial charge in [-0.05, 0) is 62.1 Å². The molecule has 9 heteroatoms. The third-order valence-corrected chi connectivity index (χ3v) is 7.28. The van der Waals surface area contributed by atoms with Crippen molar-refractivity contribution in [3.63, 3.8) is 0 Å². The molecule has 0 unspecified atom stereocenters. The molecule has 1 N–H and O–H groups in total. The number of amides is 1. The molecule has 2 aromatic carbocycles. The van der Waals surface area contributed by atoms with E-state index in [1.54, 1.807) is 18.2 Å². The Kier molecular flexibility index (Phi) is 6.24. The molecule has 162 valence electrons.